The highest BCUT2D eigenvalue weighted by molar-refractivity contribution is 5.82. The van der Waals surface area contributed by atoms with Crippen molar-refractivity contribution in [3.8, 4) is 0 Å². The van der Waals surface area contributed by atoms with Crippen LogP contribution in [0.4, 0.5) is 0 Å². The van der Waals surface area contributed by atoms with Crippen molar-refractivity contribution >= 4 is 11.9 Å². The molecule has 60 heavy (non-hydrogen) atoms. The molecule has 0 radical (unpaired) electrons. The molecule has 0 saturated carbocycles. The summed E-state index contributed by atoms with van der Waals surface area (Å²) in [4.78, 5) is 30.2. The summed E-state index contributed by atoms with van der Waals surface area (Å²) in [5, 5.41) is 29.5. The lowest BCUT2D eigenvalue weighted by molar-refractivity contribution is -0.985. The van der Waals surface area contributed by atoms with Crippen LogP contribution in [-0.2, 0) is 28.5 Å². The standard InChI is InChI=1S/C46H82N6O8/c1-4-6-20-36-25-27-44(59-36)32-34-23-24-37-39(45(26-17-19-33(3)58-45)50-43(49-44)52(34)37)41(54)57-35(5-2)21-15-13-11-9-7-8-10-12-14-16-22-38-40(53)51(31-18-29-47)42(55)46(56,60-38)28-30-48/h6,20,33-39,42-43,49-50,55-56H,4-5,7-19,21-32,47-48H2,1-3H3/p+1/b20-6+/t33-,34+,35?,36+,37-,38-,39-,42-,43?,44+,45-,46+/m0/s1. The predicted octanol–water partition coefficient (Wildman–Crippen LogP) is 3.96. The van der Waals surface area contributed by atoms with Gasteiger partial charge in [-0.2, -0.15) is 0 Å². The van der Waals surface area contributed by atoms with E-state index in [4.69, 9.17) is 30.4 Å². The van der Waals surface area contributed by atoms with Crippen LogP contribution in [0.1, 0.15) is 175 Å². The fourth-order valence-corrected chi connectivity index (χ4v) is 11.6. The minimum Gasteiger partial charge on any atom is -0.462 e. The van der Waals surface area contributed by atoms with Gasteiger partial charge in [0.15, 0.2) is 12.1 Å². The van der Waals surface area contributed by atoms with E-state index in [1.807, 2.05) is 0 Å². The number of hydrogen-bond acceptors (Lipinski definition) is 12. The number of allylic oxidation sites excluding steroid dienone is 1. The van der Waals surface area contributed by atoms with E-state index < -0.39 is 23.8 Å². The zero-order valence-electron chi connectivity index (χ0n) is 37.4. The second kappa shape index (κ2) is 22.3. The third kappa shape index (κ3) is 11.3. The smallest absolute Gasteiger partial charge is 0.319 e. The van der Waals surface area contributed by atoms with Gasteiger partial charge in [-0.25, -0.2) is 10.6 Å². The SMILES string of the molecule is CC/C=C/[C@@H]1CC[C@]2(C[C@H]3CC[C@H]4[C@@H](C(=O)OC(CC)CCCCCCCCCCCC[C@@H]5O[C@](O)(CCN)[C@H](O)N(CCCN)C5=O)[C@@]5(CCC[C@H](C)O5)NC(N2)[NH+]34)O1. The summed E-state index contributed by atoms with van der Waals surface area (Å²) in [7, 11) is 0. The van der Waals surface area contributed by atoms with E-state index in [2.05, 4.69) is 43.6 Å². The molecule has 1 amide bonds. The van der Waals surface area contributed by atoms with Gasteiger partial charge in [-0.3, -0.25) is 9.59 Å². The average molecular weight is 848 g/mol. The number of nitrogens with zero attached hydrogens (tertiary/aromatic N) is 1. The van der Waals surface area contributed by atoms with Gasteiger partial charge in [-0.05, 0) is 90.6 Å². The Morgan fingerprint density at radius 3 is 2.37 bits per heavy atom. The van der Waals surface area contributed by atoms with E-state index in [1.54, 1.807) is 0 Å². The number of nitrogens with two attached hydrogens (primary N) is 2. The Labute approximate surface area is 360 Å². The molecule has 344 valence electrons. The number of quaternary nitrogens is 1. The van der Waals surface area contributed by atoms with E-state index >= 15 is 0 Å². The van der Waals surface area contributed by atoms with Gasteiger partial charge in [-0.1, -0.05) is 83.8 Å². The van der Waals surface area contributed by atoms with Gasteiger partial charge in [0, 0.05) is 32.2 Å². The summed E-state index contributed by atoms with van der Waals surface area (Å²) in [5.41, 5.74) is 10.2. The van der Waals surface area contributed by atoms with Crippen LogP contribution in [0.5, 0.6) is 0 Å². The van der Waals surface area contributed by atoms with E-state index in [9.17, 15) is 19.8 Å². The number of hydrogen-bond donors (Lipinski definition) is 7. The summed E-state index contributed by atoms with van der Waals surface area (Å²) in [6.45, 7) is 7.25. The number of amides is 1. The van der Waals surface area contributed by atoms with Crippen molar-refractivity contribution in [2.75, 3.05) is 19.6 Å². The second-order valence-corrected chi connectivity index (χ2v) is 19.1. The van der Waals surface area contributed by atoms with Crippen LogP contribution in [0, 0.1) is 5.92 Å². The number of aliphatic hydroxyl groups is 2. The van der Waals surface area contributed by atoms with Crippen LogP contribution in [0.2, 0.25) is 0 Å². The minimum atomic E-state index is -1.86. The largest absolute Gasteiger partial charge is 0.462 e. The predicted molar refractivity (Wildman–Crippen MR) is 230 cm³/mol. The number of unbranched alkanes of at least 4 members (excludes halogenated alkanes) is 9. The number of nitrogens with one attached hydrogen (secondary N) is 3. The molecule has 14 nitrogen and oxygen atoms in total. The fraction of sp³-hybridized carbons (Fsp3) is 0.913. The zero-order chi connectivity index (χ0) is 42.8. The Morgan fingerprint density at radius 1 is 0.950 bits per heavy atom. The van der Waals surface area contributed by atoms with Gasteiger partial charge in [0.2, 0.25) is 12.1 Å². The molecule has 6 heterocycles. The lowest BCUT2D eigenvalue weighted by Gasteiger charge is -2.57. The summed E-state index contributed by atoms with van der Waals surface area (Å²) in [5.74, 6) is -2.55. The highest BCUT2D eigenvalue weighted by atomic mass is 16.7. The zero-order valence-corrected chi connectivity index (χ0v) is 37.4. The Kier molecular flexibility index (Phi) is 17.7. The van der Waals surface area contributed by atoms with E-state index in [1.165, 1.54) is 35.5 Å². The molecule has 0 aromatic carbocycles. The molecule has 0 aromatic rings. The van der Waals surface area contributed by atoms with Gasteiger partial charge in [0.1, 0.15) is 29.7 Å². The molecule has 6 fully saturated rings. The molecule has 6 aliphatic rings. The molecule has 0 aliphatic carbocycles. The van der Waals surface area contributed by atoms with Gasteiger partial charge in [-0.15, -0.1) is 0 Å². The molecular formula is C46H83N6O8+. The van der Waals surface area contributed by atoms with Gasteiger partial charge >= 0.3 is 5.97 Å². The van der Waals surface area contributed by atoms with Crippen molar-refractivity contribution in [3.05, 3.63) is 12.2 Å². The van der Waals surface area contributed by atoms with Crippen molar-refractivity contribution in [2.24, 2.45) is 17.4 Å². The van der Waals surface area contributed by atoms with Crippen LogP contribution in [0.3, 0.4) is 0 Å². The van der Waals surface area contributed by atoms with Gasteiger partial charge in [0.25, 0.3) is 5.91 Å². The lowest BCUT2D eigenvalue weighted by Crippen LogP contribution is -3.28. The Hall–Kier alpha value is -1.72. The molecule has 2 spiro atoms. The second-order valence-electron chi connectivity index (χ2n) is 19.1. The van der Waals surface area contributed by atoms with E-state index in [-0.39, 0.29) is 73.7 Å². The number of carbonyl (C=O) groups excluding carboxylic acids is 2. The van der Waals surface area contributed by atoms with E-state index in [0.29, 0.717) is 25.4 Å². The molecule has 3 unspecified atom stereocenters. The average Bonchev–Trinajstić information content (AvgIpc) is 3.82. The molecule has 14 heteroatoms. The maximum atomic E-state index is 14.4. The summed E-state index contributed by atoms with van der Waals surface area (Å²) < 4.78 is 25.8. The van der Waals surface area contributed by atoms with Crippen molar-refractivity contribution < 1.29 is 43.6 Å². The number of rotatable bonds is 23. The molecule has 0 aromatic heterocycles. The minimum absolute atomic E-state index is 0.0178. The van der Waals surface area contributed by atoms with Crippen molar-refractivity contribution in [2.45, 2.75) is 241 Å². The molecule has 6 rings (SSSR count). The molecule has 13 atom stereocenters. The third-order valence-electron chi connectivity index (χ3n) is 14.6. The monoisotopic (exact) mass is 848 g/mol. The number of aliphatic hydroxyl groups excluding tert-OH is 1. The number of esters is 1. The first-order valence-corrected chi connectivity index (χ1v) is 24.4. The Morgan fingerprint density at radius 2 is 1.68 bits per heavy atom. The van der Waals surface area contributed by atoms with Crippen molar-refractivity contribution in [1.29, 1.82) is 0 Å². The molecular weight excluding hydrogens is 765 g/mol. The summed E-state index contributed by atoms with van der Waals surface area (Å²) in [6.07, 6.45) is 25.2. The maximum absolute atomic E-state index is 14.4. The lowest BCUT2D eigenvalue weighted by atomic mass is 9.79. The highest BCUT2D eigenvalue weighted by Crippen LogP contribution is 2.43. The molecule has 6 saturated heterocycles. The van der Waals surface area contributed by atoms with Crippen LogP contribution >= 0.6 is 0 Å². The number of carbonyl (C=O) groups is 2. The van der Waals surface area contributed by atoms with Gasteiger partial charge < -0.3 is 50.4 Å². The summed E-state index contributed by atoms with van der Waals surface area (Å²) in [6, 6.07) is 0.594. The first-order chi connectivity index (χ1) is 29.0. The van der Waals surface area contributed by atoms with Crippen LogP contribution < -0.4 is 27.0 Å². The van der Waals surface area contributed by atoms with Crippen LogP contribution in [-0.4, -0.2) is 113 Å². The Balaban J connectivity index is 0.892. The van der Waals surface area contributed by atoms with E-state index in [0.717, 1.165) is 109 Å². The number of morpholine rings is 1. The van der Waals surface area contributed by atoms with Crippen molar-refractivity contribution in [1.82, 2.24) is 15.5 Å². The maximum Gasteiger partial charge on any atom is 0.319 e. The summed E-state index contributed by atoms with van der Waals surface area (Å²) >= 11 is 0. The molecule has 0 bridgehead atoms. The molecule has 9 N–H and O–H groups in total. The quantitative estimate of drug-likeness (QED) is 0.0446. The molecule has 6 aliphatic heterocycles. The highest BCUT2D eigenvalue weighted by Gasteiger charge is 2.67. The van der Waals surface area contributed by atoms with Crippen molar-refractivity contribution in [3.63, 3.8) is 0 Å². The topological polar surface area (TPSA) is 195 Å². The fourth-order valence-electron chi connectivity index (χ4n) is 11.6. The first kappa shape index (κ1) is 47.8. The third-order valence-corrected chi connectivity index (χ3v) is 14.6. The van der Waals surface area contributed by atoms with Gasteiger partial charge in [0.05, 0.1) is 18.2 Å². The first-order valence-electron chi connectivity index (χ1n) is 24.4. The van der Waals surface area contributed by atoms with Crippen LogP contribution in [0.25, 0.3) is 0 Å². The normalized spacial score (nSPS) is 38.3. The number of ether oxygens (including phenoxy) is 4. The van der Waals surface area contributed by atoms with Crippen LogP contribution in [0.15, 0.2) is 12.2 Å². The Bertz CT molecular complexity index is 1390.